The second kappa shape index (κ2) is 9.64. The zero-order chi connectivity index (χ0) is 19.8. The molecule has 2 atom stereocenters. The van der Waals surface area contributed by atoms with Crippen LogP contribution in [0, 0.1) is 0 Å². The zero-order valence-corrected chi connectivity index (χ0v) is 15.4. The molecule has 142 valence electrons. The normalized spacial score (nSPS) is 12.8. The van der Waals surface area contributed by atoms with E-state index in [4.69, 9.17) is 0 Å². The summed E-state index contributed by atoms with van der Waals surface area (Å²) in [5, 5.41) is 14.8. The van der Waals surface area contributed by atoms with Crippen molar-refractivity contribution in [3.63, 3.8) is 0 Å². The molecule has 0 aliphatic rings. The summed E-state index contributed by atoms with van der Waals surface area (Å²) in [4.78, 5) is 36.5. The number of ketones is 1. The van der Waals surface area contributed by atoms with Crippen LogP contribution in [-0.2, 0) is 9.59 Å². The highest BCUT2D eigenvalue weighted by molar-refractivity contribution is 6.14. The fourth-order valence-electron chi connectivity index (χ4n) is 2.72. The Kier molecular flexibility index (Phi) is 7.25. The number of hydrogen-bond donors (Lipinski definition) is 3. The number of nitrogens with one attached hydrogen (secondary N) is 2. The first kappa shape index (κ1) is 20.3. The van der Waals surface area contributed by atoms with E-state index in [1.165, 1.54) is 0 Å². The SMILES string of the molecule is CCCC(NC(C)C(=O)Nc1ccccc1C(=O)c1ccccc1)C(=O)O. The average molecular weight is 368 g/mol. The number of amides is 1. The maximum Gasteiger partial charge on any atom is 0.320 e. The third kappa shape index (κ3) is 5.49. The third-order valence-corrected chi connectivity index (χ3v) is 4.19. The van der Waals surface area contributed by atoms with Gasteiger partial charge in [-0.2, -0.15) is 0 Å². The number of carbonyl (C=O) groups is 3. The summed E-state index contributed by atoms with van der Waals surface area (Å²) in [6, 6.07) is 14.1. The summed E-state index contributed by atoms with van der Waals surface area (Å²) < 4.78 is 0. The van der Waals surface area contributed by atoms with Crippen LogP contribution in [0.5, 0.6) is 0 Å². The van der Waals surface area contributed by atoms with Gasteiger partial charge in [-0.15, -0.1) is 0 Å². The third-order valence-electron chi connectivity index (χ3n) is 4.19. The van der Waals surface area contributed by atoms with Crippen molar-refractivity contribution in [3.8, 4) is 0 Å². The van der Waals surface area contributed by atoms with Crippen LogP contribution in [0.25, 0.3) is 0 Å². The fourth-order valence-corrected chi connectivity index (χ4v) is 2.72. The van der Waals surface area contributed by atoms with Gasteiger partial charge in [-0.1, -0.05) is 55.8 Å². The van der Waals surface area contributed by atoms with Crippen molar-refractivity contribution in [2.75, 3.05) is 5.32 Å². The molecule has 27 heavy (non-hydrogen) atoms. The second-order valence-electron chi connectivity index (χ2n) is 6.30. The van der Waals surface area contributed by atoms with E-state index in [2.05, 4.69) is 10.6 Å². The lowest BCUT2D eigenvalue weighted by atomic mass is 10.0. The standard InChI is InChI=1S/C21H24N2O4/c1-3-9-18(21(26)27)22-14(2)20(25)23-17-13-8-7-12-16(17)19(24)15-10-5-4-6-11-15/h4-8,10-14,18,22H,3,9H2,1-2H3,(H,23,25)(H,26,27). The summed E-state index contributed by atoms with van der Waals surface area (Å²) in [7, 11) is 0. The Morgan fingerprint density at radius 3 is 2.26 bits per heavy atom. The summed E-state index contributed by atoms with van der Waals surface area (Å²) >= 11 is 0. The summed E-state index contributed by atoms with van der Waals surface area (Å²) in [5.74, 6) is -1.58. The van der Waals surface area contributed by atoms with E-state index in [-0.39, 0.29) is 5.78 Å². The van der Waals surface area contributed by atoms with Gasteiger partial charge in [0.05, 0.1) is 11.7 Å². The van der Waals surface area contributed by atoms with Gasteiger partial charge in [0.2, 0.25) is 5.91 Å². The predicted molar refractivity (Wildman–Crippen MR) is 104 cm³/mol. The van der Waals surface area contributed by atoms with Crippen LogP contribution in [0.2, 0.25) is 0 Å². The van der Waals surface area contributed by atoms with Crippen molar-refractivity contribution in [2.24, 2.45) is 0 Å². The van der Waals surface area contributed by atoms with Crippen molar-refractivity contribution in [3.05, 3.63) is 65.7 Å². The van der Waals surface area contributed by atoms with Crippen molar-refractivity contribution >= 4 is 23.3 Å². The van der Waals surface area contributed by atoms with Gasteiger partial charge in [0.25, 0.3) is 0 Å². The van der Waals surface area contributed by atoms with Crippen LogP contribution >= 0.6 is 0 Å². The number of carboxylic acid groups (broad SMARTS) is 1. The predicted octanol–water partition coefficient (Wildman–Crippen LogP) is 3.09. The highest BCUT2D eigenvalue weighted by atomic mass is 16.4. The summed E-state index contributed by atoms with van der Waals surface area (Å²) in [5.41, 5.74) is 1.30. The molecule has 6 nitrogen and oxygen atoms in total. The second-order valence-corrected chi connectivity index (χ2v) is 6.30. The van der Waals surface area contributed by atoms with Gasteiger partial charge in [-0.3, -0.25) is 19.7 Å². The fraction of sp³-hybridized carbons (Fsp3) is 0.286. The number of anilines is 1. The minimum Gasteiger partial charge on any atom is -0.480 e. The number of carbonyl (C=O) groups excluding carboxylic acids is 2. The van der Waals surface area contributed by atoms with Crippen molar-refractivity contribution in [2.45, 2.75) is 38.8 Å². The lowest BCUT2D eigenvalue weighted by molar-refractivity contribution is -0.140. The molecule has 0 spiro atoms. The molecule has 6 heteroatoms. The van der Waals surface area contributed by atoms with E-state index >= 15 is 0 Å². The van der Waals surface area contributed by atoms with E-state index < -0.39 is 24.0 Å². The number of hydrogen-bond acceptors (Lipinski definition) is 4. The Bertz CT molecular complexity index is 805. The minimum atomic E-state index is -0.990. The molecule has 0 saturated carbocycles. The highest BCUT2D eigenvalue weighted by Crippen LogP contribution is 2.19. The van der Waals surface area contributed by atoms with Crippen LogP contribution < -0.4 is 10.6 Å². The van der Waals surface area contributed by atoms with Gasteiger partial charge in [0.15, 0.2) is 5.78 Å². The first-order chi connectivity index (χ1) is 12.9. The number of benzene rings is 2. The van der Waals surface area contributed by atoms with E-state index in [9.17, 15) is 19.5 Å². The van der Waals surface area contributed by atoms with Gasteiger partial charge in [-0.05, 0) is 25.5 Å². The van der Waals surface area contributed by atoms with E-state index in [1.54, 1.807) is 55.5 Å². The van der Waals surface area contributed by atoms with Crippen molar-refractivity contribution < 1.29 is 19.5 Å². The molecule has 3 N–H and O–H groups in total. The molecule has 2 rings (SSSR count). The molecule has 0 aliphatic heterocycles. The van der Waals surface area contributed by atoms with E-state index in [0.29, 0.717) is 29.7 Å². The maximum atomic E-state index is 12.7. The van der Waals surface area contributed by atoms with Gasteiger partial charge in [0.1, 0.15) is 6.04 Å². The number of carboxylic acids is 1. The van der Waals surface area contributed by atoms with Crippen LogP contribution in [0.4, 0.5) is 5.69 Å². The topological polar surface area (TPSA) is 95.5 Å². The van der Waals surface area contributed by atoms with E-state index in [0.717, 1.165) is 0 Å². The Labute approximate surface area is 158 Å². The minimum absolute atomic E-state index is 0.193. The molecular formula is C21H24N2O4. The van der Waals surface area contributed by atoms with Crippen molar-refractivity contribution in [1.29, 1.82) is 0 Å². The van der Waals surface area contributed by atoms with Gasteiger partial charge < -0.3 is 10.4 Å². The smallest absolute Gasteiger partial charge is 0.320 e. The zero-order valence-electron chi connectivity index (χ0n) is 15.4. The molecule has 0 bridgehead atoms. The van der Waals surface area contributed by atoms with Gasteiger partial charge in [-0.25, -0.2) is 0 Å². The Morgan fingerprint density at radius 1 is 1.00 bits per heavy atom. The maximum absolute atomic E-state index is 12.7. The van der Waals surface area contributed by atoms with Crippen molar-refractivity contribution in [1.82, 2.24) is 5.32 Å². The first-order valence-corrected chi connectivity index (χ1v) is 8.92. The number of para-hydroxylation sites is 1. The molecule has 2 aromatic rings. The van der Waals surface area contributed by atoms with Crippen LogP contribution in [0.15, 0.2) is 54.6 Å². The summed E-state index contributed by atoms with van der Waals surface area (Å²) in [6.45, 7) is 3.48. The largest absolute Gasteiger partial charge is 0.480 e. The van der Waals surface area contributed by atoms with Crippen LogP contribution in [0.3, 0.4) is 0 Å². The molecule has 0 fully saturated rings. The molecule has 0 aromatic heterocycles. The molecule has 2 aromatic carbocycles. The monoisotopic (exact) mass is 368 g/mol. The van der Waals surface area contributed by atoms with E-state index in [1.807, 2.05) is 13.0 Å². The Balaban J connectivity index is 2.14. The number of rotatable bonds is 9. The molecule has 0 aliphatic carbocycles. The molecule has 2 unspecified atom stereocenters. The van der Waals surface area contributed by atoms with Crippen LogP contribution in [-0.4, -0.2) is 34.8 Å². The number of aliphatic carboxylic acids is 1. The average Bonchev–Trinajstić information content (AvgIpc) is 2.68. The Morgan fingerprint density at radius 2 is 1.63 bits per heavy atom. The highest BCUT2D eigenvalue weighted by Gasteiger charge is 2.23. The molecule has 1 amide bonds. The van der Waals surface area contributed by atoms with Gasteiger partial charge in [0, 0.05) is 11.1 Å². The quantitative estimate of drug-likeness (QED) is 0.591. The first-order valence-electron chi connectivity index (χ1n) is 8.92. The molecule has 0 saturated heterocycles. The summed E-state index contributed by atoms with van der Waals surface area (Å²) in [6.07, 6.45) is 1.11. The molecular weight excluding hydrogens is 344 g/mol. The molecule has 0 heterocycles. The van der Waals surface area contributed by atoms with Gasteiger partial charge >= 0.3 is 5.97 Å². The lowest BCUT2D eigenvalue weighted by Gasteiger charge is -2.20. The Hall–Kier alpha value is -2.99. The molecule has 0 radical (unpaired) electrons. The van der Waals surface area contributed by atoms with Crippen LogP contribution in [0.1, 0.15) is 42.6 Å². The lowest BCUT2D eigenvalue weighted by Crippen LogP contribution is -2.47.